The maximum atomic E-state index is 12.9. The number of nitrogens with one attached hydrogen (secondary N) is 1. The van der Waals surface area contributed by atoms with Crippen molar-refractivity contribution in [2.45, 2.75) is 18.4 Å². The molecule has 0 unspecified atom stereocenters. The Labute approximate surface area is 151 Å². The monoisotopic (exact) mass is 348 g/mol. The number of nitrogens with zero attached hydrogens (tertiary/aromatic N) is 3. The van der Waals surface area contributed by atoms with E-state index in [0.29, 0.717) is 18.8 Å². The zero-order valence-corrected chi connectivity index (χ0v) is 14.3. The highest BCUT2D eigenvalue weighted by molar-refractivity contribution is 5.94. The molecule has 26 heavy (non-hydrogen) atoms. The molecule has 0 bridgehead atoms. The Morgan fingerprint density at radius 3 is 2.58 bits per heavy atom. The highest BCUT2D eigenvalue weighted by Gasteiger charge is 2.36. The molecule has 0 aliphatic carbocycles. The van der Waals surface area contributed by atoms with Gasteiger partial charge in [0.25, 0.3) is 5.91 Å². The Bertz CT molecular complexity index is 855. The number of carbonyl (C=O) groups is 1. The van der Waals surface area contributed by atoms with Crippen LogP contribution in [0, 0.1) is 0 Å². The summed E-state index contributed by atoms with van der Waals surface area (Å²) in [7, 11) is 0. The van der Waals surface area contributed by atoms with E-state index in [0.717, 1.165) is 24.2 Å². The van der Waals surface area contributed by atoms with Crippen LogP contribution in [0.15, 0.2) is 67.4 Å². The summed E-state index contributed by atoms with van der Waals surface area (Å²) in [5, 5.41) is 3.24. The molecular formula is C20H20N4O2. The second kappa shape index (κ2) is 7.09. The number of benzene rings is 1. The fraction of sp³-hybridized carbons (Fsp3) is 0.250. The lowest BCUT2D eigenvalue weighted by molar-refractivity contribution is 0.0345. The van der Waals surface area contributed by atoms with Crippen molar-refractivity contribution in [2.24, 2.45) is 0 Å². The first-order valence-corrected chi connectivity index (χ1v) is 8.67. The van der Waals surface area contributed by atoms with Crippen LogP contribution in [0.1, 0.15) is 28.8 Å². The third-order valence-electron chi connectivity index (χ3n) is 4.80. The number of ether oxygens (including phenoxy) is 1. The highest BCUT2D eigenvalue weighted by Crippen LogP contribution is 2.32. The molecule has 1 aromatic carbocycles. The van der Waals surface area contributed by atoms with Gasteiger partial charge in [-0.25, -0.2) is 9.97 Å². The predicted molar refractivity (Wildman–Crippen MR) is 97.0 cm³/mol. The van der Waals surface area contributed by atoms with Crippen molar-refractivity contribution in [3.8, 4) is 5.82 Å². The Morgan fingerprint density at radius 1 is 1.12 bits per heavy atom. The van der Waals surface area contributed by atoms with Crippen LogP contribution in [0.3, 0.4) is 0 Å². The SMILES string of the molecule is O=C(NC1(c2ccccc2)CCOCC1)c1ccc(-n2ccnc2)nc1. The van der Waals surface area contributed by atoms with Crippen molar-refractivity contribution in [1.29, 1.82) is 0 Å². The third kappa shape index (κ3) is 3.23. The van der Waals surface area contributed by atoms with E-state index in [4.69, 9.17) is 4.74 Å². The molecule has 3 aromatic rings. The number of imidazole rings is 1. The van der Waals surface area contributed by atoms with Gasteiger partial charge in [-0.15, -0.1) is 0 Å². The van der Waals surface area contributed by atoms with Gasteiger partial charge in [0.15, 0.2) is 0 Å². The van der Waals surface area contributed by atoms with E-state index in [1.165, 1.54) is 0 Å². The second-order valence-corrected chi connectivity index (χ2v) is 6.39. The first kappa shape index (κ1) is 16.5. The first-order chi connectivity index (χ1) is 12.8. The van der Waals surface area contributed by atoms with Gasteiger partial charge < -0.3 is 10.1 Å². The Morgan fingerprint density at radius 2 is 1.92 bits per heavy atom. The van der Waals surface area contributed by atoms with Crippen LogP contribution < -0.4 is 5.32 Å². The van der Waals surface area contributed by atoms with Gasteiger partial charge >= 0.3 is 0 Å². The fourth-order valence-electron chi connectivity index (χ4n) is 3.32. The molecule has 2 aromatic heterocycles. The molecule has 0 atom stereocenters. The van der Waals surface area contributed by atoms with E-state index < -0.39 is 5.54 Å². The van der Waals surface area contributed by atoms with Gasteiger partial charge in [0.1, 0.15) is 12.1 Å². The summed E-state index contributed by atoms with van der Waals surface area (Å²) in [6.45, 7) is 1.26. The topological polar surface area (TPSA) is 69.0 Å². The van der Waals surface area contributed by atoms with Gasteiger partial charge in [-0.3, -0.25) is 9.36 Å². The molecule has 4 rings (SSSR count). The average molecular weight is 348 g/mol. The second-order valence-electron chi connectivity index (χ2n) is 6.39. The normalized spacial score (nSPS) is 16.2. The number of carbonyl (C=O) groups excluding carboxylic acids is 1. The summed E-state index contributed by atoms with van der Waals surface area (Å²) >= 11 is 0. The van der Waals surface area contributed by atoms with E-state index in [1.807, 2.05) is 30.5 Å². The van der Waals surface area contributed by atoms with E-state index in [-0.39, 0.29) is 5.91 Å². The number of rotatable bonds is 4. The molecule has 3 heterocycles. The molecule has 1 saturated heterocycles. The van der Waals surface area contributed by atoms with Crippen LogP contribution >= 0.6 is 0 Å². The van der Waals surface area contributed by atoms with Crippen molar-refractivity contribution in [3.05, 3.63) is 78.5 Å². The lowest BCUT2D eigenvalue weighted by Gasteiger charge is -2.38. The summed E-state index contributed by atoms with van der Waals surface area (Å²) in [5.74, 6) is 0.600. The van der Waals surface area contributed by atoms with Gasteiger partial charge in [-0.1, -0.05) is 30.3 Å². The minimum atomic E-state index is -0.403. The average Bonchev–Trinajstić information content (AvgIpc) is 3.24. The zero-order valence-electron chi connectivity index (χ0n) is 14.3. The van der Waals surface area contributed by atoms with Crippen LogP contribution in [0.5, 0.6) is 0 Å². The maximum Gasteiger partial charge on any atom is 0.253 e. The molecule has 0 radical (unpaired) electrons. The predicted octanol–water partition coefficient (Wildman–Crippen LogP) is 2.70. The van der Waals surface area contributed by atoms with E-state index in [2.05, 4.69) is 27.4 Å². The van der Waals surface area contributed by atoms with Crippen LogP contribution in [-0.2, 0) is 10.3 Å². The van der Waals surface area contributed by atoms with Gasteiger partial charge in [-0.2, -0.15) is 0 Å². The van der Waals surface area contributed by atoms with Crippen molar-refractivity contribution >= 4 is 5.91 Å². The Hall–Kier alpha value is -2.99. The molecule has 1 amide bonds. The minimum absolute atomic E-state index is 0.125. The molecule has 132 valence electrons. The summed E-state index contributed by atoms with van der Waals surface area (Å²) in [6, 6.07) is 13.7. The van der Waals surface area contributed by atoms with Crippen LogP contribution in [-0.4, -0.2) is 33.7 Å². The molecule has 0 saturated carbocycles. The van der Waals surface area contributed by atoms with E-state index >= 15 is 0 Å². The summed E-state index contributed by atoms with van der Waals surface area (Å²) < 4.78 is 7.32. The molecule has 1 aliphatic heterocycles. The van der Waals surface area contributed by atoms with Gasteiger partial charge in [0.05, 0.1) is 11.1 Å². The molecule has 1 fully saturated rings. The number of pyridine rings is 1. The number of amides is 1. The van der Waals surface area contributed by atoms with E-state index in [9.17, 15) is 4.79 Å². The summed E-state index contributed by atoms with van der Waals surface area (Å²) in [5.41, 5.74) is 1.25. The largest absolute Gasteiger partial charge is 0.381 e. The van der Waals surface area contributed by atoms with Crippen molar-refractivity contribution < 1.29 is 9.53 Å². The number of hydrogen-bond donors (Lipinski definition) is 1. The lowest BCUT2D eigenvalue weighted by Crippen LogP contribution is -2.49. The van der Waals surface area contributed by atoms with Gasteiger partial charge in [0.2, 0.25) is 0 Å². The van der Waals surface area contributed by atoms with Gasteiger partial charge in [0, 0.05) is 31.8 Å². The third-order valence-corrected chi connectivity index (χ3v) is 4.80. The van der Waals surface area contributed by atoms with Gasteiger partial charge in [-0.05, 0) is 30.5 Å². The minimum Gasteiger partial charge on any atom is -0.381 e. The quantitative estimate of drug-likeness (QED) is 0.787. The van der Waals surface area contributed by atoms with E-state index in [1.54, 1.807) is 29.4 Å². The standard InChI is InChI=1S/C20H20N4O2/c25-19(16-6-7-18(22-14-16)24-11-10-21-15-24)23-20(8-12-26-13-9-20)17-4-2-1-3-5-17/h1-7,10-11,14-15H,8-9,12-13H2,(H,23,25). The Kier molecular flexibility index (Phi) is 4.50. The smallest absolute Gasteiger partial charge is 0.253 e. The van der Waals surface area contributed by atoms with Crippen molar-refractivity contribution in [2.75, 3.05) is 13.2 Å². The molecule has 1 aliphatic rings. The Balaban J connectivity index is 1.57. The molecule has 0 spiro atoms. The van der Waals surface area contributed by atoms with Crippen molar-refractivity contribution in [1.82, 2.24) is 19.9 Å². The highest BCUT2D eigenvalue weighted by atomic mass is 16.5. The zero-order chi connectivity index (χ0) is 17.8. The van der Waals surface area contributed by atoms with Crippen LogP contribution in [0.2, 0.25) is 0 Å². The fourth-order valence-corrected chi connectivity index (χ4v) is 3.32. The maximum absolute atomic E-state index is 12.9. The molecular weight excluding hydrogens is 328 g/mol. The van der Waals surface area contributed by atoms with Crippen molar-refractivity contribution in [3.63, 3.8) is 0 Å². The number of hydrogen-bond acceptors (Lipinski definition) is 4. The molecule has 6 heteroatoms. The summed E-state index contributed by atoms with van der Waals surface area (Å²) in [4.78, 5) is 21.3. The van der Waals surface area contributed by atoms with Crippen LogP contribution in [0.25, 0.3) is 5.82 Å². The lowest BCUT2D eigenvalue weighted by atomic mass is 9.82. The molecule has 6 nitrogen and oxygen atoms in total. The first-order valence-electron chi connectivity index (χ1n) is 8.67. The summed E-state index contributed by atoms with van der Waals surface area (Å²) in [6.07, 6.45) is 8.29. The molecule has 1 N–H and O–H groups in total. The van der Waals surface area contributed by atoms with Crippen LogP contribution in [0.4, 0.5) is 0 Å². The number of aromatic nitrogens is 3.